The molecule has 2 aromatic rings. The lowest BCUT2D eigenvalue weighted by molar-refractivity contribution is 0.400. The fraction of sp³-hybridized carbons (Fsp3) is 0.333. The number of rotatable bonds is 5. The molecule has 1 unspecified atom stereocenters. The maximum Gasteiger partial charge on any atom is 0.250 e. The van der Waals surface area contributed by atoms with Gasteiger partial charge in [-0.15, -0.1) is 0 Å². The summed E-state index contributed by atoms with van der Waals surface area (Å²) < 4.78 is 10.2. The lowest BCUT2D eigenvalue weighted by atomic mass is 10.2. The molecule has 0 saturated carbocycles. The topological polar surface area (TPSA) is 64.1 Å². The van der Waals surface area contributed by atoms with E-state index in [1.807, 2.05) is 19.2 Å². The SMILES string of the molecule is CNC(C)Cc1noc(/C=C/c2ccco2)n1. The first-order chi connectivity index (χ1) is 8.28. The smallest absolute Gasteiger partial charge is 0.250 e. The van der Waals surface area contributed by atoms with Crippen LogP contribution in [0.2, 0.25) is 0 Å². The third-order valence-corrected chi connectivity index (χ3v) is 2.40. The van der Waals surface area contributed by atoms with E-state index >= 15 is 0 Å². The zero-order chi connectivity index (χ0) is 12.1. The molecule has 5 heteroatoms. The molecule has 0 aromatic carbocycles. The maximum atomic E-state index is 5.16. The van der Waals surface area contributed by atoms with E-state index in [1.165, 1.54) is 0 Å². The molecule has 90 valence electrons. The zero-order valence-corrected chi connectivity index (χ0v) is 9.88. The Balaban J connectivity index is 1.99. The number of nitrogens with one attached hydrogen (secondary N) is 1. The van der Waals surface area contributed by atoms with Gasteiger partial charge in [-0.3, -0.25) is 0 Å². The molecule has 1 N–H and O–H groups in total. The van der Waals surface area contributed by atoms with Crippen LogP contribution in [0.4, 0.5) is 0 Å². The molecule has 0 aliphatic rings. The van der Waals surface area contributed by atoms with Gasteiger partial charge in [-0.1, -0.05) is 5.16 Å². The molecule has 1 atom stereocenters. The number of likely N-dealkylation sites (N-methyl/N-ethyl adjacent to an activating group) is 1. The van der Waals surface area contributed by atoms with Crippen LogP contribution in [0.1, 0.15) is 24.4 Å². The molecule has 0 aliphatic carbocycles. The van der Waals surface area contributed by atoms with Gasteiger partial charge in [-0.2, -0.15) is 4.98 Å². The number of furan rings is 1. The molecule has 2 heterocycles. The van der Waals surface area contributed by atoms with Crippen molar-refractivity contribution in [3.63, 3.8) is 0 Å². The average molecular weight is 233 g/mol. The fourth-order valence-electron chi connectivity index (χ4n) is 1.33. The molecule has 17 heavy (non-hydrogen) atoms. The lowest BCUT2D eigenvalue weighted by Gasteiger charge is -2.04. The second-order valence-corrected chi connectivity index (χ2v) is 3.79. The highest BCUT2D eigenvalue weighted by atomic mass is 16.5. The van der Waals surface area contributed by atoms with Crippen molar-refractivity contribution >= 4 is 12.2 Å². The average Bonchev–Trinajstić information content (AvgIpc) is 2.97. The Bertz CT molecular complexity index is 474. The quantitative estimate of drug-likeness (QED) is 0.855. The summed E-state index contributed by atoms with van der Waals surface area (Å²) in [4.78, 5) is 4.25. The number of aromatic nitrogens is 2. The monoisotopic (exact) mass is 233 g/mol. The van der Waals surface area contributed by atoms with E-state index in [0.717, 1.165) is 12.2 Å². The third-order valence-electron chi connectivity index (χ3n) is 2.40. The Morgan fingerprint density at radius 2 is 2.35 bits per heavy atom. The number of hydrogen-bond acceptors (Lipinski definition) is 5. The van der Waals surface area contributed by atoms with Gasteiger partial charge in [0.25, 0.3) is 5.89 Å². The van der Waals surface area contributed by atoms with Crippen molar-refractivity contribution in [1.82, 2.24) is 15.5 Å². The highest BCUT2D eigenvalue weighted by Gasteiger charge is 2.07. The van der Waals surface area contributed by atoms with Crippen molar-refractivity contribution in [3.8, 4) is 0 Å². The second kappa shape index (κ2) is 5.45. The van der Waals surface area contributed by atoms with E-state index in [1.54, 1.807) is 18.4 Å². The Morgan fingerprint density at radius 3 is 3.06 bits per heavy atom. The molecular formula is C12H15N3O2. The first-order valence-electron chi connectivity index (χ1n) is 5.49. The molecule has 0 radical (unpaired) electrons. The van der Waals surface area contributed by atoms with Crippen LogP contribution in [-0.4, -0.2) is 23.2 Å². The summed E-state index contributed by atoms with van der Waals surface area (Å²) in [5.41, 5.74) is 0. The zero-order valence-electron chi connectivity index (χ0n) is 9.88. The molecule has 0 saturated heterocycles. The molecule has 5 nitrogen and oxygen atoms in total. The van der Waals surface area contributed by atoms with Gasteiger partial charge in [-0.25, -0.2) is 0 Å². The summed E-state index contributed by atoms with van der Waals surface area (Å²) in [5.74, 6) is 1.94. The van der Waals surface area contributed by atoms with Gasteiger partial charge in [-0.05, 0) is 32.2 Å². The van der Waals surface area contributed by atoms with Crippen LogP contribution in [0.25, 0.3) is 12.2 Å². The van der Waals surface area contributed by atoms with Crippen LogP contribution < -0.4 is 5.32 Å². The van der Waals surface area contributed by atoms with Gasteiger partial charge in [0.2, 0.25) is 0 Å². The minimum Gasteiger partial charge on any atom is -0.465 e. The fourth-order valence-corrected chi connectivity index (χ4v) is 1.33. The van der Waals surface area contributed by atoms with E-state index in [0.29, 0.717) is 17.8 Å². The van der Waals surface area contributed by atoms with Gasteiger partial charge in [0.1, 0.15) is 5.76 Å². The Kier molecular flexibility index (Phi) is 3.72. The predicted molar refractivity (Wildman–Crippen MR) is 64.2 cm³/mol. The van der Waals surface area contributed by atoms with Crippen molar-refractivity contribution in [1.29, 1.82) is 0 Å². The van der Waals surface area contributed by atoms with Crippen molar-refractivity contribution in [2.75, 3.05) is 7.05 Å². The van der Waals surface area contributed by atoms with Gasteiger partial charge < -0.3 is 14.3 Å². The van der Waals surface area contributed by atoms with Crippen molar-refractivity contribution in [3.05, 3.63) is 35.9 Å². The highest BCUT2D eigenvalue weighted by Crippen LogP contribution is 2.07. The molecule has 0 spiro atoms. The summed E-state index contributed by atoms with van der Waals surface area (Å²) >= 11 is 0. The molecule has 0 amide bonds. The molecular weight excluding hydrogens is 218 g/mol. The van der Waals surface area contributed by atoms with Gasteiger partial charge in [0, 0.05) is 18.5 Å². The first-order valence-corrected chi connectivity index (χ1v) is 5.49. The first kappa shape index (κ1) is 11.6. The van der Waals surface area contributed by atoms with E-state index in [-0.39, 0.29) is 0 Å². The van der Waals surface area contributed by atoms with Crippen molar-refractivity contribution < 1.29 is 8.94 Å². The second-order valence-electron chi connectivity index (χ2n) is 3.79. The summed E-state index contributed by atoms with van der Waals surface area (Å²) in [6.45, 7) is 2.06. The van der Waals surface area contributed by atoms with Crippen LogP contribution in [0.15, 0.2) is 27.3 Å². The maximum absolute atomic E-state index is 5.16. The highest BCUT2D eigenvalue weighted by molar-refractivity contribution is 5.62. The molecule has 0 bridgehead atoms. The summed E-state index contributed by atoms with van der Waals surface area (Å²) in [6.07, 6.45) is 5.89. The summed E-state index contributed by atoms with van der Waals surface area (Å²) in [6, 6.07) is 4.01. The predicted octanol–water partition coefficient (Wildman–Crippen LogP) is 1.98. The minimum atomic E-state index is 0.328. The number of hydrogen-bond donors (Lipinski definition) is 1. The van der Waals surface area contributed by atoms with E-state index in [4.69, 9.17) is 8.94 Å². The summed E-state index contributed by atoms with van der Waals surface area (Å²) in [7, 11) is 1.91. The van der Waals surface area contributed by atoms with Crippen molar-refractivity contribution in [2.45, 2.75) is 19.4 Å². The van der Waals surface area contributed by atoms with Gasteiger partial charge in [0.05, 0.1) is 6.26 Å². The molecule has 0 aliphatic heterocycles. The van der Waals surface area contributed by atoms with Crippen LogP contribution >= 0.6 is 0 Å². The minimum absolute atomic E-state index is 0.328. The Morgan fingerprint density at radius 1 is 1.47 bits per heavy atom. The van der Waals surface area contributed by atoms with Crippen LogP contribution in [0.3, 0.4) is 0 Å². The van der Waals surface area contributed by atoms with E-state index in [2.05, 4.69) is 22.4 Å². The molecule has 0 fully saturated rings. The Labute approximate surface area is 99.5 Å². The molecule has 2 aromatic heterocycles. The standard InChI is InChI=1S/C12H15N3O2/c1-9(13-2)8-11-14-12(17-15-11)6-5-10-4-3-7-16-10/h3-7,9,13H,8H2,1-2H3/b6-5+. The lowest BCUT2D eigenvalue weighted by Crippen LogP contribution is -2.24. The van der Waals surface area contributed by atoms with Crippen LogP contribution in [-0.2, 0) is 6.42 Å². The van der Waals surface area contributed by atoms with Crippen molar-refractivity contribution in [2.24, 2.45) is 0 Å². The van der Waals surface area contributed by atoms with Crippen LogP contribution in [0.5, 0.6) is 0 Å². The third kappa shape index (κ3) is 3.29. The van der Waals surface area contributed by atoms with E-state index in [9.17, 15) is 0 Å². The summed E-state index contributed by atoms with van der Waals surface area (Å²) in [5, 5.41) is 7.02. The largest absolute Gasteiger partial charge is 0.465 e. The van der Waals surface area contributed by atoms with Gasteiger partial charge >= 0.3 is 0 Å². The normalized spacial score (nSPS) is 13.3. The van der Waals surface area contributed by atoms with E-state index < -0.39 is 0 Å². The Hall–Kier alpha value is -1.88. The molecule has 2 rings (SSSR count). The van der Waals surface area contributed by atoms with Crippen LogP contribution in [0, 0.1) is 0 Å². The van der Waals surface area contributed by atoms with Gasteiger partial charge in [0.15, 0.2) is 5.82 Å². The number of nitrogens with zero attached hydrogens (tertiary/aromatic N) is 2.